The molecule has 1 unspecified atom stereocenters. The molecule has 0 radical (unpaired) electrons. The van der Waals surface area contributed by atoms with Gasteiger partial charge in [0.2, 0.25) is 0 Å². The molecule has 2 rings (SSSR count). The van der Waals surface area contributed by atoms with E-state index in [1.807, 2.05) is 14.0 Å². The molecule has 1 saturated heterocycles. The number of likely N-dealkylation sites (tertiary alicyclic amines) is 1. The number of hydrogen-bond donors (Lipinski definition) is 1. The molecule has 4 nitrogen and oxygen atoms in total. The van der Waals surface area contributed by atoms with Gasteiger partial charge in [-0.05, 0) is 51.1 Å². The number of phenolic OH excluding ortho intramolecular Hbond substituents is 1. The molecule has 1 heterocycles. The van der Waals surface area contributed by atoms with Crippen LogP contribution in [0.2, 0.25) is 0 Å². The van der Waals surface area contributed by atoms with Crippen molar-refractivity contribution in [2.24, 2.45) is 0 Å². The Bertz CT molecular complexity index is 473. The summed E-state index contributed by atoms with van der Waals surface area (Å²) in [6.07, 6.45) is 2.17. The number of carbonyl (C=O) groups is 1. The van der Waals surface area contributed by atoms with Gasteiger partial charge < -0.3 is 14.9 Å². The fourth-order valence-electron chi connectivity index (χ4n) is 2.57. The van der Waals surface area contributed by atoms with Crippen LogP contribution in [0.4, 0.5) is 0 Å². The highest BCUT2D eigenvalue weighted by Gasteiger charge is 2.25. The lowest BCUT2D eigenvalue weighted by atomic mass is 10.0. The maximum atomic E-state index is 12.4. The molecule has 0 aromatic heterocycles. The van der Waals surface area contributed by atoms with Crippen LogP contribution in [-0.2, 0) is 0 Å². The first kappa shape index (κ1) is 13.9. The number of benzene rings is 1. The van der Waals surface area contributed by atoms with Gasteiger partial charge in [0.1, 0.15) is 5.75 Å². The second kappa shape index (κ2) is 5.61. The van der Waals surface area contributed by atoms with Gasteiger partial charge in [0.15, 0.2) is 0 Å². The van der Waals surface area contributed by atoms with E-state index in [9.17, 15) is 9.90 Å². The standard InChI is InChI=1S/C15H22N2O2/c1-11-6-7-12(9-14(11)18)15(19)17(3)13-5-4-8-16(2)10-13/h6-7,9,13,18H,4-5,8,10H2,1-3H3. The third kappa shape index (κ3) is 3.07. The molecule has 1 aromatic carbocycles. The molecule has 0 bridgehead atoms. The summed E-state index contributed by atoms with van der Waals surface area (Å²) in [5, 5.41) is 9.70. The van der Waals surface area contributed by atoms with Crippen LogP contribution in [0.3, 0.4) is 0 Å². The van der Waals surface area contributed by atoms with Crippen molar-refractivity contribution < 1.29 is 9.90 Å². The number of rotatable bonds is 2. The van der Waals surface area contributed by atoms with Gasteiger partial charge in [-0.3, -0.25) is 4.79 Å². The third-order valence-electron chi connectivity index (χ3n) is 3.92. The largest absolute Gasteiger partial charge is 0.508 e. The molecule has 104 valence electrons. The molecule has 1 aromatic rings. The van der Waals surface area contributed by atoms with Crippen molar-refractivity contribution in [3.63, 3.8) is 0 Å². The van der Waals surface area contributed by atoms with Crippen molar-refractivity contribution in [3.05, 3.63) is 29.3 Å². The number of likely N-dealkylation sites (N-methyl/N-ethyl adjacent to an activating group) is 2. The highest BCUT2D eigenvalue weighted by atomic mass is 16.3. The van der Waals surface area contributed by atoms with Crippen LogP contribution in [0.25, 0.3) is 0 Å². The zero-order valence-corrected chi connectivity index (χ0v) is 11.9. The highest BCUT2D eigenvalue weighted by molar-refractivity contribution is 5.94. The van der Waals surface area contributed by atoms with E-state index < -0.39 is 0 Å². The number of carbonyl (C=O) groups excluding carboxylic acids is 1. The average Bonchev–Trinajstić information content (AvgIpc) is 2.40. The zero-order valence-electron chi connectivity index (χ0n) is 11.9. The van der Waals surface area contributed by atoms with E-state index in [2.05, 4.69) is 11.9 Å². The molecular weight excluding hydrogens is 240 g/mol. The second-order valence-electron chi connectivity index (χ2n) is 5.48. The predicted molar refractivity (Wildman–Crippen MR) is 75.5 cm³/mol. The molecule has 1 atom stereocenters. The van der Waals surface area contributed by atoms with Gasteiger partial charge >= 0.3 is 0 Å². The lowest BCUT2D eigenvalue weighted by Gasteiger charge is -2.35. The zero-order chi connectivity index (χ0) is 14.0. The van der Waals surface area contributed by atoms with Gasteiger partial charge in [-0.1, -0.05) is 6.07 Å². The number of aromatic hydroxyl groups is 1. The lowest BCUT2D eigenvalue weighted by Crippen LogP contribution is -2.47. The Hall–Kier alpha value is -1.55. The van der Waals surface area contributed by atoms with E-state index in [1.165, 1.54) is 0 Å². The Kier molecular flexibility index (Phi) is 4.10. The summed E-state index contributed by atoms with van der Waals surface area (Å²) in [6.45, 7) is 3.84. The van der Waals surface area contributed by atoms with Crippen LogP contribution < -0.4 is 0 Å². The van der Waals surface area contributed by atoms with Crippen molar-refractivity contribution in [1.29, 1.82) is 0 Å². The molecule has 4 heteroatoms. The van der Waals surface area contributed by atoms with E-state index in [-0.39, 0.29) is 17.7 Å². The maximum Gasteiger partial charge on any atom is 0.254 e. The van der Waals surface area contributed by atoms with Gasteiger partial charge in [0.25, 0.3) is 5.91 Å². The molecular formula is C15H22N2O2. The number of aryl methyl sites for hydroxylation is 1. The van der Waals surface area contributed by atoms with Gasteiger partial charge in [0, 0.05) is 25.2 Å². The van der Waals surface area contributed by atoms with Crippen molar-refractivity contribution >= 4 is 5.91 Å². The van der Waals surface area contributed by atoms with Crippen LogP contribution in [0.1, 0.15) is 28.8 Å². The first-order valence-corrected chi connectivity index (χ1v) is 6.74. The third-order valence-corrected chi connectivity index (χ3v) is 3.92. The average molecular weight is 262 g/mol. The number of piperidine rings is 1. The normalized spacial score (nSPS) is 20.3. The van der Waals surface area contributed by atoms with Gasteiger partial charge in [0.05, 0.1) is 0 Å². The number of nitrogens with zero attached hydrogens (tertiary/aromatic N) is 2. The number of phenols is 1. The summed E-state index contributed by atoms with van der Waals surface area (Å²) in [4.78, 5) is 16.5. The van der Waals surface area contributed by atoms with Gasteiger partial charge in [-0.25, -0.2) is 0 Å². The monoisotopic (exact) mass is 262 g/mol. The fourth-order valence-corrected chi connectivity index (χ4v) is 2.57. The van der Waals surface area contributed by atoms with Crippen LogP contribution in [0.15, 0.2) is 18.2 Å². The summed E-state index contributed by atoms with van der Waals surface area (Å²) in [7, 11) is 3.94. The minimum Gasteiger partial charge on any atom is -0.508 e. The molecule has 1 aliphatic rings. The topological polar surface area (TPSA) is 43.8 Å². The summed E-state index contributed by atoms with van der Waals surface area (Å²) in [5.74, 6) is 0.163. The van der Waals surface area contributed by atoms with Crippen molar-refractivity contribution in [2.75, 3.05) is 27.2 Å². The minimum atomic E-state index is -0.0180. The van der Waals surface area contributed by atoms with Crippen LogP contribution in [-0.4, -0.2) is 54.0 Å². The molecule has 1 fully saturated rings. The van der Waals surface area contributed by atoms with E-state index in [1.54, 1.807) is 23.1 Å². The Labute approximate surface area is 114 Å². The first-order chi connectivity index (χ1) is 8.99. The van der Waals surface area contributed by atoms with E-state index in [0.29, 0.717) is 5.56 Å². The summed E-state index contributed by atoms with van der Waals surface area (Å²) < 4.78 is 0. The molecule has 0 aliphatic carbocycles. The van der Waals surface area contributed by atoms with E-state index in [4.69, 9.17) is 0 Å². The fraction of sp³-hybridized carbons (Fsp3) is 0.533. The first-order valence-electron chi connectivity index (χ1n) is 6.74. The van der Waals surface area contributed by atoms with Crippen LogP contribution in [0.5, 0.6) is 5.75 Å². The molecule has 1 aliphatic heterocycles. The van der Waals surface area contributed by atoms with Gasteiger partial charge in [-0.15, -0.1) is 0 Å². The molecule has 0 spiro atoms. The Morgan fingerprint density at radius 2 is 2.21 bits per heavy atom. The second-order valence-corrected chi connectivity index (χ2v) is 5.48. The molecule has 0 saturated carbocycles. The summed E-state index contributed by atoms with van der Waals surface area (Å²) in [6, 6.07) is 5.37. The van der Waals surface area contributed by atoms with E-state index in [0.717, 1.165) is 31.5 Å². The van der Waals surface area contributed by atoms with Crippen molar-refractivity contribution in [2.45, 2.75) is 25.8 Å². The van der Waals surface area contributed by atoms with Crippen molar-refractivity contribution in [1.82, 2.24) is 9.80 Å². The summed E-state index contributed by atoms with van der Waals surface area (Å²) in [5.41, 5.74) is 1.34. The minimum absolute atomic E-state index is 0.0180. The Morgan fingerprint density at radius 1 is 1.47 bits per heavy atom. The number of hydrogen-bond acceptors (Lipinski definition) is 3. The molecule has 1 N–H and O–H groups in total. The number of amides is 1. The van der Waals surface area contributed by atoms with Crippen LogP contribution >= 0.6 is 0 Å². The highest BCUT2D eigenvalue weighted by Crippen LogP contribution is 2.20. The van der Waals surface area contributed by atoms with Gasteiger partial charge in [-0.2, -0.15) is 0 Å². The maximum absolute atomic E-state index is 12.4. The summed E-state index contributed by atoms with van der Waals surface area (Å²) >= 11 is 0. The quantitative estimate of drug-likeness (QED) is 0.885. The molecule has 19 heavy (non-hydrogen) atoms. The van der Waals surface area contributed by atoms with Crippen molar-refractivity contribution in [3.8, 4) is 5.75 Å². The molecule has 1 amide bonds. The predicted octanol–water partition coefficient (Wildman–Crippen LogP) is 1.87. The smallest absolute Gasteiger partial charge is 0.254 e. The SMILES string of the molecule is Cc1ccc(C(=O)N(C)C2CCCN(C)C2)cc1O. The Balaban J connectivity index is 2.11. The lowest BCUT2D eigenvalue weighted by molar-refractivity contribution is 0.0643. The van der Waals surface area contributed by atoms with Crippen LogP contribution in [0, 0.1) is 6.92 Å². The Morgan fingerprint density at radius 3 is 2.84 bits per heavy atom. The van der Waals surface area contributed by atoms with E-state index >= 15 is 0 Å².